The zero-order chi connectivity index (χ0) is 18.4. The van der Waals surface area contributed by atoms with Gasteiger partial charge >= 0.3 is 0 Å². The largest absolute Gasteiger partial charge is 0.325 e. The molecule has 0 bridgehead atoms. The Morgan fingerprint density at radius 3 is 2.42 bits per heavy atom. The molecule has 4 nitrogen and oxygen atoms in total. The monoisotopic (exact) mass is 391 g/mol. The molecule has 3 rings (SSSR count). The first-order chi connectivity index (χ1) is 12.6. The Bertz CT molecular complexity index is 739. The molecule has 1 amide bonds. The van der Waals surface area contributed by atoms with Crippen LogP contribution in [0.25, 0.3) is 0 Å². The highest BCUT2D eigenvalue weighted by molar-refractivity contribution is 6.42. The van der Waals surface area contributed by atoms with Crippen molar-refractivity contribution in [3.63, 3.8) is 0 Å². The highest BCUT2D eigenvalue weighted by atomic mass is 35.5. The molecule has 1 fully saturated rings. The summed E-state index contributed by atoms with van der Waals surface area (Å²) in [6, 6.07) is 15.6. The van der Waals surface area contributed by atoms with Crippen molar-refractivity contribution in [2.24, 2.45) is 0 Å². The van der Waals surface area contributed by atoms with Gasteiger partial charge < -0.3 is 5.32 Å². The summed E-state index contributed by atoms with van der Waals surface area (Å²) in [7, 11) is 0. The number of nitrogens with one attached hydrogen (secondary N) is 1. The predicted molar refractivity (Wildman–Crippen MR) is 108 cm³/mol. The smallest absolute Gasteiger partial charge is 0.238 e. The first-order valence-electron chi connectivity index (χ1n) is 8.84. The molecule has 6 heteroatoms. The Kier molecular flexibility index (Phi) is 6.92. The Labute approximate surface area is 164 Å². The van der Waals surface area contributed by atoms with Crippen LogP contribution in [0.2, 0.25) is 10.0 Å². The van der Waals surface area contributed by atoms with Crippen molar-refractivity contribution < 1.29 is 4.79 Å². The van der Waals surface area contributed by atoms with Crippen molar-refractivity contribution in [1.82, 2.24) is 9.80 Å². The molecule has 1 saturated heterocycles. The van der Waals surface area contributed by atoms with E-state index in [-0.39, 0.29) is 5.91 Å². The Morgan fingerprint density at radius 2 is 1.65 bits per heavy atom. The number of hydrogen-bond acceptors (Lipinski definition) is 3. The van der Waals surface area contributed by atoms with Gasteiger partial charge in [-0.05, 0) is 43.3 Å². The van der Waals surface area contributed by atoms with Crippen molar-refractivity contribution >= 4 is 34.8 Å². The average molecular weight is 392 g/mol. The van der Waals surface area contributed by atoms with Crippen LogP contribution in [-0.2, 0) is 11.3 Å². The van der Waals surface area contributed by atoms with Crippen molar-refractivity contribution in [3.8, 4) is 0 Å². The van der Waals surface area contributed by atoms with Gasteiger partial charge in [0.1, 0.15) is 0 Å². The Morgan fingerprint density at radius 1 is 0.923 bits per heavy atom. The van der Waals surface area contributed by atoms with Crippen LogP contribution in [0.3, 0.4) is 0 Å². The van der Waals surface area contributed by atoms with Gasteiger partial charge in [-0.1, -0.05) is 53.5 Å². The minimum atomic E-state index is -0.0279. The molecule has 2 aromatic carbocycles. The van der Waals surface area contributed by atoms with Gasteiger partial charge in [-0.15, -0.1) is 0 Å². The van der Waals surface area contributed by atoms with Gasteiger partial charge in [0.05, 0.1) is 16.6 Å². The molecule has 0 unspecified atom stereocenters. The lowest BCUT2D eigenvalue weighted by Crippen LogP contribution is -2.36. The van der Waals surface area contributed by atoms with E-state index in [1.165, 1.54) is 5.56 Å². The highest BCUT2D eigenvalue weighted by Gasteiger charge is 2.17. The number of carbonyl (C=O) groups is 1. The first-order valence-corrected chi connectivity index (χ1v) is 9.59. The Balaban J connectivity index is 1.48. The zero-order valence-corrected chi connectivity index (χ0v) is 16.1. The molecule has 0 aliphatic carbocycles. The highest BCUT2D eigenvalue weighted by Crippen LogP contribution is 2.25. The zero-order valence-electron chi connectivity index (χ0n) is 14.6. The summed E-state index contributed by atoms with van der Waals surface area (Å²) >= 11 is 11.9. The second kappa shape index (κ2) is 9.38. The molecule has 1 heterocycles. The minimum Gasteiger partial charge on any atom is -0.325 e. The molecular formula is C20H23Cl2N3O. The average Bonchev–Trinajstić information content (AvgIpc) is 2.84. The molecule has 0 saturated carbocycles. The van der Waals surface area contributed by atoms with E-state index in [4.69, 9.17) is 23.2 Å². The molecule has 2 aromatic rings. The van der Waals surface area contributed by atoms with Gasteiger partial charge in [-0.3, -0.25) is 14.6 Å². The van der Waals surface area contributed by atoms with Crippen molar-refractivity contribution in [1.29, 1.82) is 0 Å². The number of hydrogen-bond donors (Lipinski definition) is 1. The lowest BCUT2D eigenvalue weighted by Gasteiger charge is -2.21. The number of nitrogens with zero attached hydrogens (tertiary/aromatic N) is 2. The third kappa shape index (κ3) is 5.71. The number of anilines is 1. The van der Waals surface area contributed by atoms with Crippen LogP contribution in [0, 0.1) is 0 Å². The summed E-state index contributed by atoms with van der Waals surface area (Å²) in [5, 5.41) is 3.81. The molecule has 1 N–H and O–H groups in total. The third-order valence-electron chi connectivity index (χ3n) is 4.50. The molecule has 138 valence electrons. The standard InChI is InChI=1S/C20H23Cl2N3O/c21-18-8-7-17(13-19(18)22)23-20(26)15-25-10-4-9-24(11-12-25)14-16-5-2-1-3-6-16/h1-3,5-8,13H,4,9-12,14-15H2,(H,23,26). The van der Waals surface area contributed by atoms with Gasteiger partial charge in [-0.25, -0.2) is 0 Å². The maximum absolute atomic E-state index is 12.3. The summed E-state index contributed by atoms with van der Waals surface area (Å²) in [6.07, 6.45) is 1.06. The van der Waals surface area contributed by atoms with E-state index >= 15 is 0 Å². The van der Waals surface area contributed by atoms with Crippen LogP contribution in [0.15, 0.2) is 48.5 Å². The maximum Gasteiger partial charge on any atom is 0.238 e. The lowest BCUT2D eigenvalue weighted by molar-refractivity contribution is -0.117. The summed E-state index contributed by atoms with van der Waals surface area (Å²) < 4.78 is 0. The van der Waals surface area contributed by atoms with E-state index < -0.39 is 0 Å². The van der Waals surface area contributed by atoms with Crippen molar-refractivity contribution in [2.75, 3.05) is 38.0 Å². The molecule has 1 aliphatic rings. The van der Waals surface area contributed by atoms with E-state index in [9.17, 15) is 4.79 Å². The quantitative estimate of drug-likeness (QED) is 0.831. The third-order valence-corrected chi connectivity index (χ3v) is 5.24. The molecule has 0 aromatic heterocycles. The number of amides is 1. The van der Waals surface area contributed by atoms with Crippen LogP contribution in [0.4, 0.5) is 5.69 Å². The van der Waals surface area contributed by atoms with Gasteiger partial charge in [-0.2, -0.15) is 0 Å². The van der Waals surface area contributed by atoms with Crippen LogP contribution in [0.5, 0.6) is 0 Å². The summed E-state index contributed by atoms with van der Waals surface area (Å²) in [5.41, 5.74) is 2.00. The van der Waals surface area contributed by atoms with Crippen molar-refractivity contribution in [2.45, 2.75) is 13.0 Å². The lowest BCUT2D eigenvalue weighted by atomic mass is 10.2. The summed E-state index contributed by atoms with van der Waals surface area (Å²) in [6.45, 7) is 5.19. The minimum absolute atomic E-state index is 0.0279. The molecule has 26 heavy (non-hydrogen) atoms. The maximum atomic E-state index is 12.3. The normalized spacial score (nSPS) is 16.2. The van der Waals surface area contributed by atoms with E-state index in [1.807, 2.05) is 6.07 Å². The fraction of sp³-hybridized carbons (Fsp3) is 0.350. The molecule has 0 radical (unpaired) electrons. The molecule has 0 spiro atoms. The number of halogens is 2. The van der Waals surface area contributed by atoms with Gasteiger partial charge in [0, 0.05) is 25.3 Å². The SMILES string of the molecule is O=C(CN1CCCN(Cc2ccccc2)CC1)Nc1ccc(Cl)c(Cl)c1. The summed E-state index contributed by atoms with van der Waals surface area (Å²) in [4.78, 5) is 17.0. The number of benzene rings is 2. The first kappa shape index (κ1) is 19.2. The van der Waals surface area contributed by atoms with Gasteiger partial charge in [0.15, 0.2) is 0 Å². The van der Waals surface area contributed by atoms with Crippen LogP contribution in [-0.4, -0.2) is 48.4 Å². The van der Waals surface area contributed by atoms with E-state index in [0.717, 1.165) is 39.1 Å². The van der Waals surface area contributed by atoms with Crippen LogP contribution in [0.1, 0.15) is 12.0 Å². The van der Waals surface area contributed by atoms with E-state index in [2.05, 4.69) is 39.4 Å². The number of rotatable bonds is 5. The van der Waals surface area contributed by atoms with Gasteiger partial charge in [0.25, 0.3) is 0 Å². The van der Waals surface area contributed by atoms with Crippen LogP contribution < -0.4 is 5.32 Å². The second-order valence-corrected chi connectivity index (χ2v) is 7.38. The second-order valence-electron chi connectivity index (χ2n) is 6.57. The summed E-state index contributed by atoms with van der Waals surface area (Å²) in [5.74, 6) is -0.0279. The molecule has 1 aliphatic heterocycles. The predicted octanol–water partition coefficient (Wildman–Crippen LogP) is 4.14. The topological polar surface area (TPSA) is 35.6 Å². The van der Waals surface area contributed by atoms with E-state index in [0.29, 0.717) is 22.3 Å². The van der Waals surface area contributed by atoms with Crippen molar-refractivity contribution in [3.05, 3.63) is 64.1 Å². The number of carbonyl (C=O) groups excluding carboxylic acids is 1. The van der Waals surface area contributed by atoms with Gasteiger partial charge in [0.2, 0.25) is 5.91 Å². The fourth-order valence-corrected chi connectivity index (χ4v) is 3.46. The molecule has 0 atom stereocenters. The fourth-order valence-electron chi connectivity index (χ4n) is 3.16. The van der Waals surface area contributed by atoms with E-state index in [1.54, 1.807) is 18.2 Å². The molecular weight excluding hydrogens is 369 g/mol. The van der Waals surface area contributed by atoms with Crippen LogP contribution >= 0.6 is 23.2 Å². The Hall–Kier alpha value is -1.59.